The maximum Gasteiger partial charge on any atom is 0.318 e. The van der Waals surface area contributed by atoms with E-state index in [2.05, 4.69) is 5.32 Å². The van der Waals surface area contributed by atoms with Crippen LogP contribution in [0.25, 0.3) is 0 Å². The lowest BCUT2D eigenvalue weighted by molar-refractivity contribution is -0.142. The molecule has 102 valence electrons. The highest BCUT2D eigenvalue weighted by atomic mass is 16.5. The van der Waals surface area contributed by atoms with Crippen molar-refractivity contribution in [1.29, 1.82) is 0 Å². The molecule has 2 atom stereocenters. The summed E-state index contributed by atoms with van der Waals surface area (Å²) in [6.45, 7) is 2.02. The minimum Gasteiger partial charge on any atom is -0.481 e. The molecule has 0 aromatic rings. The van der Waals surface area contributed by atoms with Crippen LogP contribution in [-0.2, 0) is 14.3 Å². The fourth-order valence-corrected chi connectivity index (χ4v) is 1.71. The molecule has 1 heterocycles. The average Bonchev–Trinajstić information content (AvgIpc) is 2.73. The highest BCUT2D eigenvalue weighted by Gasteiger charge is 2.35. The Labute approximate surface area is 104 Å². The van der Waals surface area contributed by atoms with Crippen molar-refractivity contribution in [2.45, 2.75) is 13.0 Å². The zero-order chi connectivity index (χ0) is 13.7. The topological polar surface area (TPSA) is 122 Å². The maximum atomic E-state index is 11.8. The molecule has 1 saturated heterocycles. The third-order valence-corrected chi connectivity index (χ3v) is 2.72. The Morgan fingerprint density at radius 3 is 2.61 bits per heavy atom. The van der Waals surface area contributed by atoms with Crippen molar-refractivity contribution >= 4 is 17.9 Å². The predicted octanol–water partition coefficient (Wildman–Crippen LogP) is -1.40. The van der Waals surface area contributed by atoms with Crippen LogP contribution in [0.2, 0.25) is 0 Å². The summed E-state index contributed by atoms with van der Waals surface area (Å²) in [5, 5.41) is 11.5. The van der Waals surface area contributed by atoms with Crippen molar-refractivity contribution in [3.8, 4) is 0 Å². The second-order valence-electron chi connectivity index (χ2n) is 4.02. The molecule has 8 nitrogen and oxygen atoms in total. The number of likely N-dealkylation sites (N-methyl/N-ethyl adjacent to an activating group) is 1. The molecule has 0 saturated carbocycles. The molecule has 0 aromatic heterocycles. The Morgan fingerprint density at radius 1 is 1.44 bits per heavy atom. The third-order valence-electron chi connectivity index (χ3n) is 2.72. The Hall–Kier alpha value is -1.83. The number of carbonyl (C=O) groups is 3. The van der Waals surface area contributed by atoms with E-state index in [0.717, 1.165) is 0 Å². The van der Waals surface area contributed by atoms with Crippen LogP contribution in [0.15, 0.2) is 0 Å². The summed E-state index contributed by atoms with van der Waals surface area (Å²) in [7, 11) is 0. The maximum absolute atomic E-state index is 11.8. The summed E-state index contributed by atoms with van der Waals surface area (Å²) in [5.74, 6) is -2.40. The molecule has 18 heavy (non-hydrogen) atoms. The molecule has 0 bridgehead atoms. The smallest absolute Gasteiger partial charge is 0.318 e. The average molecular weight is 259 g/mol. The number of nitrogens with two attached hydrogens (primary N) is 1. The zero-order valence-electron chi connectivity index (χ0n) is 10.1. The summed E-state index contributed by atoms with van der Waals surface area (Å²) in [6, 6.07) is -1.10. The van der Waals surface area contributed by atoms with E-state index in [4.69, 9.17) is 15.6 Å². The van der Waals surface area contributed by atoms with Gasteiger partial charge in [-0.1, -0.05) is 0 Å². The molecular weight excluding hydrogens is 242 g/mol. The number of ether oxygens (including phenoxy) is 1. The molecule has 1 fully saturated rings. The van der Waals surface area contributed by atoms with Crippen LogP contribution in [0.1, 0.15) is 6.92 Å². The Morgan fingerprint density at radius 2 is 2.11 bits per heavy atom. The van der Waals surface area contributed by atoms with Gasteiger partial charge in [-0.05, 0) is 6.92 Å². The van der Waals surface area contributed by atoms with Gasteiger partial charge in [0.05, 0.1) is 19.3 Å². The van der Waals surface area contributed by atoms with Gasteiger partial charge in [0.25, 0.3) is 0 Å². The van der Waals surface area contributed by atoms with E-state index in [1.54, 1.807) is 6.92 Å². The molecule has 0 aromatic carbocycles. The van der Waals surface area contributed by atoms with Gasteiger partial charge in [0.15, 0.2) is 0 Å². The molecule has 0 aliphatic carbocycles. The number of urea groups is 1. The molecular formula is C10H17N3O5. The van der Waals surface area contributed by atoms with Gasteiger partial charge < -0.3 is 25.8 Å². The summed E-state index contributed by atoms with van der Waals surface area (Å²) in [5.41, 5.74) is 5.01. The van der Waals surface area contributed by atoms with Gasteiger partial charge in [-0.3, -0.25) is 9.59 Å². The van der Waals surface area contributed by atoms with E-state index in [0.29, 0.717) is 6.54 Å². The van der Waals surface area contributed by atoms with E-state index in [-0.39, 0.29) is 19.8 Å². The van der Waals surface area contributed by atoms with Crippen molar-refractivity contribution in [2.75, 3.05) is 26.3 Å². The number of hydrogen-bond donors (Lipinski definition) is 3. The van der Waals surface area contributed by atoms with Crippen molar-refractivity contribution in [3.05, 3.63) is 0 Å². The number of aliphatic carboxylic acids is 1. The second kappa shape index (κ2) is 6.20. The quantitative estimate of drug-likeness (QED) is 0.560. The lowest BCUT2D eigenvalue weighted by atomic mass is 10.0. The number of nitrogens with zero attached hydrogens (tertiary/aromatic N) is 1. The first-order valence-corrected chi connectivity index (χ1v) is 5.60. The summed E-state index contributed by atoms with van der Waals surface area (Å²) in [4.78, 5) is 34.7. The molecule has 1 aliphatic rings. The van der Waals surface area contributed by atoms with Crippen molar-refractivity contribution in [3.63, 3.8) is 0 Å². The van der Waals surface area contributed by atoms with Gasteiger partial charge in [0, 0.05) is 6.54 Å². The fraction of sp³-hybridized carbons (Fsp3) is 0.700. The first-order chi connectivity index (χ1) is 8.45. The number of primary amides is 1. The number of carboxylic acids is 1. The van der Waals surface area contributed by atoms with Crippen LogP contribution in [0.4, 0.5) is 4.79 Å². The van der Waals surface area contributed by atoms with Gasteiger partial charge >= 0.3 is 12.0 Å². The van der Waals surface area contributed by atoms with Gasteiger partial charge in [-0.25, -0.2) is 4.79 Å². The van der Waals surface area contributed by atoms with Crippen molar-refractivity contribution in [1.82, 2.24) is 10.2 Å². The third kappa shape index (κ3) is 3.59. The fourth-order valence-electron chi connectivity index (χ4n) is 1.71. The highest BCUT2D eigenvalue weighted by Crippen LogP contribution is 2.14. The van der Waals surface area contributed by atoms with Crippen LogP contribution in [-0.4, -0.2) is 60.3 Å². The SMILES string of the molecule is CCN(CC(N)=O)C(=O)NC1COCC1C(=O)O. The Bertz CT molecular complexity index is 346. The predicted molar refractivity (Wildman–Crippen MR) is 60.7 cm³/mol. The van der Waals surface area contributed by atoms with Crippen molar-refractivity contribution in [2.24, 2.45) is 11.7 Å². The lowest BCUT2D eigenvalue weighted by Crippen LogP contribution is -2.50. The number of rotatable bonds is 5. The van der Waals surface area contributed by atoms with Crippen LogP contribution < -0.4 is 11.1 Å². The summed E-state index contributed by atoms with van der Waals surface area (Å²) >= 11 is 0. The number of nitrogens with one attached hydrogen (secondary N) is 1. The molecule has 0 radical (unpaired) electrons. The monoisotopic (exact) mass is 259 g/mol. The standard InChI is InChI=1S/C10H17N3O5/c1-2-13(3-8(11)14)10(17)12-7-5-18-4-6(7)9(15)16/h6-7H,2-5H2,1H3,(H2,11,14)(H,12,17)(H,15,16). The van der Waals surface area contributed by atoms with Gasteiger partial charge in [-0.2, -0.15) is 0 Å². The van der Waals surface area contributed by atoms with E-state index in [1.807, 2.05) is 0 Å². The molecule has 0 spiro atoms. The molecule has 1 rings (SSSR count). The van der Waals surface area contributed by atoms with E-state index >= 15 is 0 Å². The van der Waals surface area contributed by atoms with Crippen LogP contribution >= 0.6 is 0 Å². The zero-order valence-corrected chi connectivity index (χ0v) is 10.1. The molecule has 4 N–H and O–H groups in total. The molecule has 1 aliphatic heterocycles. The van der Waals surface area contributed by atoms with E-state index in [1.165, 1.54) is 4.90 Å². The molecule has 2 unspecified atom stereocenters. The summed E-state index contributed by atoms with van der Waals surface area (Å²) in [6.07, 6.45) is 0. The second-order valence-corrected chi connectivity index (χ2v) is 4.02. The normalized spacial score (nSPS) is 22.5. The minimum absolute atomic E-state index is 0.0717. The highest BCUT2D eigenvalue weighted by molar-refractivity contribution is 5.83. The van der Waals surface area contributed by atoms with E-state index in [9.17, 15) is 14.4 Å². The molecule has 8 heteroatoms. The van der Waals surface area contributed by atoms with Crippen LogP contribution in [0, 0.1) is 5.92 Å². The number of carboxylic acid groups (broad SMARTS) is 1. The number of hydrogen-bond acceptors (Lipinski definition) is 4. The molecule has 3 amide bonds. The van der Waals surface area contributed by atoms with E-state index < -0.39 is 29.9 Å². The number of amides is 3. The lowest BCUT2D eigenvalue weighted by Gasteiger charge is -2.23. The van der Waals surface area contributed by atoms with Crippen LogP contribution in [0.3, 0.4) is 0 Å². The summed E-state index contributed by atoms with van der Waals surface area (Å²) < 4.78 is 5.02. The van der Waals surface area contributed by atoms with Gasteiger partial charge in [0.2, 0.25) is 5.91 Å². The van der Waals surface area contributed by atoms with Crippen molar-refractivity contribution < 1.29 is 24.2 Å². The first kappa shape index (κ1) is 14.2. The largest absolute Gasteiger partial charge is 0.481 e. The Kier molecular flexibility index (Phi) is 4.90. The minimum atomic E-state index is -1.02. The first-order valence-electron chi connectivity index (χ1n) is 5.60. The number of carbonyl (C=O) groups excluding carboxylic acids is 2. The van der Waals surface area contributed by atoms with Crippen LogP contribution in [0.5, 0.6) is 0 Å². The van der Waals surface area contributed by atoms with Gasteiger partial charge in [0.1, 0.15) is 12.5 Å². The van der Waals surface area contributed by atoms with Gasteiger partial charge in [-0.15, -0.1) is 0 Å². The Balaban J connectivity index is 2.57.